The number of amides is 1. The van der Waals surface area contributed by atoms with Gasteiger partial charge in [0, 0.05) is 0 Å². The number of rotatable bonds is 4. The fourth-order valence-corrected chi connectivity index (χ4v) is 2.46. The monoisotopic (exact) mass is 298 g/mol. The molecule has 0 radical (unpaired) electrons. The molecule has 1 fully saturated rings. The average molecular weight is 298 g/mol. The molecule has 0 unspecified atom stereocenters. The number of hydrogen-bond donors (Lipinski definition) is 1. The molecule has 6 nitrogen and oxygen atoms in total. The highest BCUT2D eigenvalue weighted by Gasteiger charge is 2.35. The van der Waals surface area contributed by atoms with Gasteiger partial charge in [-0.2, -0.15) is 0 Å². The van der Waals surface area contributed by atoms with E-state index in [1.54, 1.807) is 27.7 Å². The van der Waals surface area contributed by atoms with E-state index < -0.39 is 11.7 Å². The molecule has 0 aromatic carbocycles. The van der Waals surface area contributed by atoms with Crippen molar-refractivity contribution in [2.24, 2.45) is 10.9 Å². The van der Waals surface area contributed by atoms with Crippen LogP contribution in [0.2, 0.25) is 0 Å². The van der Waals surface area contributed by atoms with Crippen molar-refractivity contribution in [2.75, 3.05) is 6.61 Å². The molecule has 1 aliphatic carbocycles. The number of aliphatic imine (C=N–C) groups is 1. The zero-order chi connectivity index (χ0) is 16.0. The highest BCUT2D eigenvalue weighted by atomic mass is 16.6. The Hall–Kier alpha value is -1.59. The molecule has 0 heterocycles. The van der Waals surface area contributed by atoms with Gasteiger partial charge in [-0.3, -0.25) is 9.79 Å². The number of ether oxygens (including phenoxy) is 2. The van der Waals surface area contributed by atoms with Crippen LogP contribution in [0, 0.1) is 5.92 Å². The predicted molar refractivity (Wildman–Crippen MR) is 80.5 cm³/mol. The Bertz CT molecular complexity index is 390. The summed E-state index contributed by atoms with van der Waals surface area (Å²) in [6.07, 6.45) is 1.41. The van der Waals surface area contributed by atoms with Gasteiger partial charge >= 0.3 is 12.1 Å². The molecule has 3 atom stereocenters. The van der Waals surface area contributed by atoms with Crippen LogP contribution in [0.5, 0.6) is 0 Å². The van der Waals surface area contributed by atoms with Gasteiger partial charge in [-0.05, 0) is 53.7 Å². The summed E-state index contributed by atoms with van der Waals surface area (Å²) in [5.41, 5.74) is -0.559. The van der Waals surface area contributed by atoms with Crippen LogP contribution >= 0.6 is 0 Å². The Morgan fingerprint density at radius 3 is 2.52 bits per heavy atom. The van der Waals surface area contributed by atoms with Gasteiger partial charge in [0.25, 0.3) is 0 Å². The number of carbonyl (C=O) groups is 2. The minimum atomic E-state index is -0.559. The van der Waals surface area contributed by atoms with E-state index in [1.165, 1.54) is 0 Å². The summed E-state index contributed by atoms with van der Waals surface area (Å²) >= 11 is 0. The standard InChI is InChI=1S/C15H26N2O4/c1-6-20-13(18)10-7-8-11(16-5)12(9-10)17-14(19)21-15(2,3)4/h10-12H,5-9H2,1-4H3,(H,17,19)/t10-,11+,12+/m0/s1. The van der Waals surface area contributed by atoms with E-state index >= 15 is 0 Å². The third kappa shape index (κ3) is 5.73. The Morgan fingerprint density at radius 2 is 2.00 bits per heavy atom. The van der Waals surface area contributed by atoms with E-state index in [2.05, 4.69) is 17.0 Å². The molecule has 1 aliphatic rings. The topological polar surface area (TPSA) is 77.0 Å². The normalized spacial score (nSPS) is 25.8. The summed E-state index contributed by atoms with van der Waals surface area (Å²) in [5, 5.41) is 2.80. The first-order valence-corrected chi connectivity index (χ1v) is 7.38. The number of nitrogens with zero attached hydrogens (tertiary/aromatic N) is 1. The second-order valence-electron chi connectivity index (χ2n) is 6.26. The SMILES string of the molecule is C=N[C@@H]1CC[C@H](C(=O)OCC)C[C@H]1NC(=O)OC(C)(C)C. The lowest BCUT2D eigenvalue weighted by atomic mass is 9.82. The van der Waals surface area contributed by atoms with Crippen LogP contribution in [0.1, 0.15) is 47.0 Å². The number of nitrogens with one attached hydrogen (secondary N) is 1. The summed E-state index contributed by atoms with van der Waals surface area (Å²) in [7, 11) is 0. The maximum Gasteiger partial charge on any atom is 0.407 e. The lowest BCUT2D eigenvalue weighted by Gasteiger charge is -2.33. The van der Waals surface area contributed by atoms with Gasteiger partial charge < -0.3 is 14.8 Å². The highest BCUT2D eigenvalue weighted by Crippen LogP contribution is 2.28. The average Bonchev–Trinajstić information content (AvgIpc) is 2.36. The first-order valence-electron chi connectivity index (χ1n) is 7.38. The summed E-state index contributed by atoms with van der Waals surface area (Å²) < 4.78 is 10.3. The Kier molecular flexibility index (Phi) is 6.18. The quantitative estimate of drug-likeness (QED) is 0.638. The van der Waals surface area contributed by atoms with Gasteiger partial charge in [0.1, 0.15) is 5.60 Å². The van der Waals surface area contributed by atoms with Crippen molar-refractivity contribution >= 4 is 18.8 Å². The number of esters is 1. The Labute approximate surface area is 126 Å². The zero-order valence-corrected chi connectivity index (χ0v) is 13.3. The maximum absolute atomic E-state index is 11.9. The van der Waals surface area contributed by atoms with E-state index in [0.717, 1.165) is 0 Å². The van der Waals surface area contributed by atoms with Crippen molar-refractivity contribution in [3.05, 3.63) is 0 Å². The molecule has 1 saturated carbocycles. The first-order chi connectivity index (χ1) is 9.76. The molecule has 0 aromatic rings. The molecular weight excluding hydrogens is 272 g/mol. The first kappa shape index (κ1) is 17.5. The minimum absolute atomic E-state index is 0.0943. The van der Waals surface area contributed by atoms with Gasteiger partial charge in [0.05, 0.1) is 24.6 Å². The fraction of sp³-hybridized carbons (Fsp3) is 0.800. The van der Waals surface area contributed by atoms with Gasteiger partial charge in [-0.15, -0.1) is 0 Å². The number of carbonyl (C=O) groups excluding carboxylic acids is 2. The van der Waals surface area contributed by atoms with Crippen molar-refractivity contribution in [2.45, 2.75) is 64.6 Å². The van der Waals surface area contributed by atoms with Crippen LogP contribution < -0.4 is 5.32 Å². The molecule has 1 amide bonds. The molecule has 21 heavy (non-hydrogen) atoms. The van der Waals surface area contributed by atoms with E-state index in [4.69, 9.17) is 9.47 Å². The molecular formula is C15H26N2O4. The van der Waals surface area contributed by atoms with E-state index in [0.29, 0.717) is 25.9 Å². The van der Waals surface area contributed by atoms with Crippen LogP contribution in [0.3, 0.4) is 0 Å². The van der Waals surface area contributed by atoms with Gasteiger partial charge in [0.2, 0.25) is 0 Å². The summed E-state index contributed by atoms with van der Waals surface area (Å²) in [5.74, 6) is -0.418. The fourth-order valence-electron chi connectivity index (χ4n) is 2.46. The lowest BCUT2D eigenvalue weighted by Crippen LogP contribution is -2.49. The van der Waals surface area contributed by atoms with Gasteiger partial charge in [-0.1, -0.05) is 0 Å². The van der Waals surface area contributed by atoms with Crippen LogP contribution in [-0.2, 0) is 14.3 Å². The minimum Gasteiger partial charge on any atom is -0.466 e. The maximum atomic E-state index is 11.9. The smallest absolute Gasteiger partial charge is 0.407 e. The third-order valence-electron chi connectivity index (χ3n) is 3.37. The molecule has 0 saturated heterocycles. The van der Waals surface area contributed by atoms with E-state index in [-0.39, 0.29) is 24.0 Å². The zero-order valence-electron chi connectivity index (χ0n) is 13.3. The lowest BCUT2D eigenvalue weighted by molar-refractivity contribution is -0.149. The van der Waals surface area contributed by atoms with Gasteiger partial charge in [-0.25, -0.2) is 4.79 Å². The molecule has 0 spiro atoms. The second-order valence-corrected chi connectivity index (χ2v) is 6.26. The van der Waals surface area contributed by atoms with Crippen LogP contribution in [0.15, 0.2) is 4.99 Å². The van der Waals surface area contributed by atoms with E-state index in [9.17, 15) is 9.59 Å². The van der Waals surface area contributed by atoms with Crippen molar-refractivity contribution in [3.63, 3.8) is 0 Å². The number of hydrogen-bond acceptors (Lipinski definition) is 5. The van der Waals surface area contributed by atoms with Crippen molar-refractivity contribution in [1.82, 2.24) is 5.32 Å². The van der Waals surface area contributed by atoms with Gasteiger partial charge in [0.15, 0.2) is 0 Å². The van der Waals surface area contributed by atoms with Crippen molar-refractivity contribution in [3.8, 4) is 0 Å². The molecule has 1 rings (SSSR count). The molecule has 1 N–H and O–H groups in total. The van der Waals surface area contributed by atoms with Crippen LogP contribution in [-0.4, -0.2) is 43.1 Å². The second kappa shape index (κ2) is 7.43. The molecule has 6 heteroatoms. The Morgan fingerprint density at radius 1 is 1.33 bits per heavy atom. The third-order valence-corrected chi connectivity index (χ3v) is 3.37. The molecule has 0 bridgehead atoms. The largest absolute Gasteiger partial charge is 0.466 e. The van der Waals surface area contributed by atoms with Crippen LogP contribution in [0.4, 0.5) is 4.79 Å². The van der Waals surface area contributed by atoms with E-state index in [1.807, 2.05) is 0 Å². The summed E-state index contributed by atoms with van der Waals surface area (Å²) in [6.45, 7) is 11.1. The summed E-state index contributed by atoms with van der Waals surface area (Å²) in [4.78, 5) is 27.8. The Balaban J connectivity index is 2.64. The van der Waals surface area contributed by atoms with Crippen molar-refractivity contribution in [1.29, 1.82) is 0 Å². The summed E-state index contributed by atoms with van der Waals surface area (Å²) in [6, 6.07) is -0.344. The number of alkyl carbamates (subject to hydrolysis) is 1. The predicted octanol–water partition coefficient (Wildman–Crippen LogP) is 2.31. The van der Waals surface area contributed by atoms with Crippen molar-refractivity contribution < 1.29 is 19.1 Å². The molecule has 120 valence electrons. The highest BCUT2D eigenvalue weighted by molar-refractivity contribution is 5.73. The molecule has 0 aliphatic heterocycles. The molecule has 0 aromatic heterocycles. The van der Waals surface area contributed by atoms with Crippen LogP contribution in [0.25, 0.3) is 0 Å².